The zero-order valence-corrected chi connectivity index (χ0v) is 11.5. The van der Waals surface area contributed by atoms with Crippen LogP contribution < -0.4 is 5.73 Å². The molecule has 5 nitrogen and oxygen atoms in total. The van der Waals surface area contributed by atoms with Crippen molar-refractivity contribution in [2.75, 3.05) is 0 Å². The summed E-state index contributed by atoms with van der Waals surface area (Å²) >= 11 is 0. The Morgan fingerprint density at radius 3 is 2.11 bits per heavy atom. The van der Waals surface area contributed by atoms with Gasteiger partial charge < -0.3 is 5.73 Å². The molecule has 0 radical (unpaired) electrons. The van der Waals surface area contributed by atoms with Gasteiger partial charge in [0.1, 0.15) is 0 Å². The van der Waals surface area contributed by atoms with Gasteiger partial charge in [-0.3, -0.25) is 0 Å². The van der Waals surface area contributed by atoms with Crippen molar-refractivity contribution in [3.63, 3.8) is 0 Å². The standard InChI is InChI=1S/C13H19N5/c1-7-6-8(2)16-13(15-7)18-11(5)12(9(3)14)10(4)17-18/h6,9H,14H2,1-5H3. The summed E-state index contributed by atoms with van der Waals surface area (Å²) in [5, 5.41) is 4.50. The van der Waals surface area contributed by atoms with Crippen molar-refractivity contribution in [1.29, 1.82) is 0 Å². The number of hydrogen-bond donors (Lipinski definition) is 1. The highest BCUT2D eigenvalue weighted by Crippen LogP contribution is 2.21. The maximum atomic E-state index is 5.97. The van der Waals surface area contributed by atoms with Crippen LogP contribution in [0.1, 0.15) is 41.3 Å². The second-order valence-corrected chi connectivity index (χ2v) is 4.74. The molecule has 2 aromatic heterocycles. The summed E-state index contributed by atoms with van der Waals surface area (Å²) in [6.45, 7) is 9.83. The van der Waals surface area contributed by atoms with Gasteiger partial charge in [0, 0.05) is 28.7 Å². The van der Waals surface area contributed by atoms with Crippen LogP contribution in [-0.2, 0) is 0 Å². The predicted molar refractivity (Wildman–Crippen MR) is 70.7 cm³/mol. The third-order valence-electron chi connectivity index (χ3n) is 2.96. The van der Waals surface area contributed by atoms with E-state index < -0.39 is 0 Å². The molecular weight excluding hydrogens is 226 g/mol. The molecule has 0 amide bonds. The van der Waals surface area contributed by atoms with Crippen LogP contribution in [0.5, 0.6) is 0 Å². The SMILES string of the molecule is Cc1cc(C)nc(-n2nc(C)c(C(C)N)c2C)n1. The molecule has 0 aliphatic rings. The van der Waals surface area contributed by atoms with Gasteiger partial charge in [-0.1, -0.05) is 0 Å². The summed E-state index contributed by atoms with van der Waals surface area (Å²) in [6, 6.07) is 1.91. The zero-order chi connectivity index (χ0) is 13.4. The fourth-order valence-corrected chi connectivity index (χ4v) is 2.31. The van der Waals surface area contributed by atoms with Crippen molar-refractivity contribution in [2.24, 2.45) is 5.73 Å². The number of aryl methyl sites for hydroxylation is 3. The van der Waals surface area contributed by atoms with E-state index in [2.05, 4.69) is 15.1 Å². The number of rotatable bonds is 2. The van der Waals surface area contributed by atoms with Crippen LogP contribution >= 0.6 is 0 Å². The zero-order valence-electron chi connectivity index (χ0n) is 11.5. The lowest BCUT2D eigenvalue weighted by Crippen LogP contribution is -2.09. The van der Waals surface area contributed by atoms with E-state index in [1.807, 2.05) is 40.7 Å². The van der Waals surface area contributed by atoms with Crippen molar-refractivity contribution in [2.45, 2.75) is 40.7 Å². The molecule has 0 aliphatic carbocycles. The summed E-state index contributed by atoms with van der Waals surface area (Å²) in [4.78, 5) is 8.85. The third kappa shape index (κ3) is 2.13. The van der Waals surface area contributed by atoms with Crippen molar-refractivity contribution >= 4 is 0 Å². The Morgan fingerprint density at radius 2 is 1.67 bits per heavy atom. The highest BCUT2D eigenvalue weighted by Gasteiger charge is 2.17. The van der Waals surface area contributed by atoms with Gasteiger partial charge in [-0.05, 0) is 40.7 Å². The molecule has 2 heterocycles. The van der Waals surface area contributed by atoms with Gasteiger partial charge in [0.15, 0.2) is 0 Å². The number of aromatic nitrogens is 4. The van der Waals surface area contributed by atoms with E-state index in [1.54, 1.807) is 4.68 Å². The highest BCUT2D eigenvalue weighted by molar-refractivity contribution is 5.32. The van der Waals surface area contributed by atoms with Gasteiger partial charge in [0.25, 0.3) is 5.95 Å². The second kappa shape index (κ2) is 4.49. The summed E-state index contributed by atoms with van der Waals surface area (Å²) in [7, 11) is 0. The Labute approximate surface area is 107 Å². The lowest BCUT2D eigenvalue weighted by molar-refractivity contribution is 0.756. The Hall–Kier alpha value is -1.75. The molecule has 1 atom stereocenters. The molecule has 0 aromatic carbocycles. The van der Waals surface area contributed by atoms with Crippen LogP contribution in [-0.4, -0.2) is 19.7 Å². The normalized spacial score (nSPS) is 12.8. The third-order valence-corrected chi connectivity index (χ3v) is 2.96. The first-order valence-electron chi connectivity index (χ1n) is 6.04. The van der Waals surface area contributed by atoms with Crippen LogP contribution in [0.4, 0.5) is 0 Å². The van der Waals surface area contributed by atoms with Crippen molar-refractivity contribution in [3.05, 3.63) is 34.4 Å². The van der Waals surface area contributed by atoms with Crippen molar-refractivity contribution in [3.8, 4) is 5.95 Å². The van der Waals surface area contributed by atoms with Gasteiger partial charge in [0.2, 0.25) is 0 Å². The highest BCUT2D eigenvalue weighted by atomic mass is 15.4. The van der Waals surface area contributed by atoms with Crippen LogP contribution in [0.2, 0.25) is 0 Å². The summed E-state index contributed by atoms with van der Waals surface area (Å²) in [5.74, 6) is 0.611. The number of nitrogens with two attached hydrogens (primary N) is 1. The fourth-order valence-electron chi connectivity index (χ4n) is 2.31. The first-order valence-corrected chi connectivity index (χ1v) is 6.04. The van der Waals surface area contributed by atoms with E-state index in [0.717, 1.165) is 28.3 Å². The molecule has 2 rings (SSSR count). The van der Waals surface area contributed by atoms with Gasteiger partial charge in [0.05, 0.1) is 5.69 Å². The van der Waals surface area contributed by atoms with E-state index in [9.17, 15) is 0 Å². The summed E-state index contributed by atoms with van der Waals surface area (Å²) < 4.78 is 1.77. The Kier molecular flexibility index (Phi) is 3.17. The van der Waals surface area contributed by atoms with Gasteiger partial charge in [-0.15, -0.1) is 0 Å². The molecule has 0 spiro atoms. The largest absolute Gasteiger partial charge is 0.324 e. The molecule has 1 unspecified atom stereocenters. The quantitative estimate of drug-likeness (QED) is 0.877. The molecule has 0 saturated heterocycles. The van der Waals surface area contributed by atoms with Crippen LogP contribution in [0.3, 0.4) is 0 Å². The van der Waals surface area contributed by atoms with Gasteiger partial charge in [-0.25, -0.2) is 14.6 Å². The first-order chi connectivity index (χ1) is 8.40. The van der Waals surface area contributed by atoms with Gasteiger partial charge in [-0.2, -0.15) is 5.10 Å². The molecular formula is C13H19N5. The molecule has 96 valence electrons. The Morgan fingerprint density at radius 1 is 1.11 bits per heavy atom. The molecule has 0 fully saturated rings. The molecule has 0 bridgehead atoms. The van der Waals surface area contributed by atoms with E-state index >= 15 is 0 Å². The molecule has 5 heteroatoms. The summed E-state index contributed by atoms with van der Waals surface area (Å²) in [6.07, 6.45) is 0. The first kappa shape index (κ1) is 12.7. The van der Waals surface area contributed by atoms with E-state index in [-0.39, 0.29) is 6.04 Å². The van der Waals surface area contributed by atoms with Gasteiger partial charge >= 0.3 is 0 Å². The summed E-state index contributed by atoms with van der Waals surface area (Å²) in [5.41, 5.74) is 10.9. The van der Waals surface area contributed by atoms with Crippen LogP contribution in [0.25, 0.3) is 5.95 Å². The molecule has 0 saturated carbocycles. The van der Waals surface area contributed by atoms with E-state index in [0.29, 0.717) is 5.95 Å². The number of nitrogens with zero attached hydrogens (tertiary/aromatic N) is 4. The number of hydrogen-bond acceptors (Lipinski definition) is 4. The average molecular weight is 245 g/mol. The predicted octanol–water partition coefficient (Wildman–Crippen LogP) is 1.92. The lowest BCUT2D eigenvalue weighted by atomic mass is 10.1. The Bertz CT molecular complexity index is 563. The monoisotopic (exact) mass is 245 g/mol. The molecule has 2 aromatic rings. The van der Waals surface area contributed by atoms with Crippen LogP contribution in [0, 0.1) is 27.7 Å². The van der Waals surface area contributed by atoms with Crippen molar-refractivity contribution in [1.82, 2.24) is 19.7 Å². The second-order valence-electron chi connectivity index (χ2n) is 4.74. The maximum Gasteiger partial charge on any atom is 0.251 e. The smallest absolute Gasteiger partial charge is 0.251 e. The molecule has 18 heavy (non-hydrogen) atoms. The fraction of sp³-hybridized carbons (Fsp3) is 0.462. The topological polar surface area (TPSA) is 69.6 Å². The minimum Gasteiger partial charge on any atom is -0.324 e. The van der Waals surface area contributed by atoms with Crippen molar-refractivity contribution < 1.29 is 0 Å². The maximum absolute atomic E-state index is 5.97. The van der Waals surface area contributed by atoms with Crippen LogP contribution in [0.15, 0.2) is 6.07 Å². The molecule has 2 N–H and O–H groups in total. The minimum absolute atomic E-state index is 0.0374. The average Bonchev–Trinajstić information content (AvgIpc) is 2.52. The van der Waals surface area contributed by atoms with E-state index in [1.165, 1.54) is 0 Å². The minimum atomic E-state index is -0.0374. The van der Waals surface area contributed by atoms with E-state index in [4.69, 9.17) is 5.73 Å². The molecule has 0 aliphatic heterocycles. The lowest BCUT2D eigenvalue weighted by Gasteiger charge is -2.07. The Balaban J connectivity index is 2.61.